The lowest BCUT2D eigenvalue weighted by atomic mass is 10.2. The van der Waals surface area contributed by atoms with E-state index < -0.39 is 0 Å². The molecule has 0 radical (unpaired) electrons. The molecule has 4 heteroatoms. The van der Waals surface area contributed by atoms with Crippen molar-refractivity contribution >= 4 is 33.2 Å². The number of rotatable bonds is 5. The SMILES string of the molecule is O=C(Cc1cccs1)N(Cc1cccc(Br)c1)C1CC1. The van der Waals surface area contributed by atoms with Gasteiger partial charge in [0.1, 0.15) is 0 Å². The summed E-state index contributed by atoms with van der Waals surface area (Å²) in [5, 5.41) is 2.03. The van der Waals surface area contributed by atoms with Gasteiger partial charge in [0.15, 0.2) is 0 Å². The second-order valence-electron chi connectivity index (χ2n) is 5.14. The number of carbonyl (C=O) groups is 1. The third-order valence-electron chi connectivity index (χ3n) is 3.46. The maximum atomic E-state index is 12.5. The van der Waals surface area contributed by atoms with Crippen molar-refractivity contribution in [3.8, 4) is 0 Å². The summed E-state index contributed by atoms with van der Waals surface area (Å²) in [6.45, 7) is 0.717. The van der Waals surface area contributed by atoms with E-state index in [4.69, 9.17) is 0 Å². The number of hydrogen-bond donors (Lipinski definition) is 0. The topological polar surface area (TPSA) is 20.3 Å². The van der Waals surface area contributed by atoms with Gasteiger partial charge in [0, 0.05) is 21.9 Å². The summed E-state index contributed by atoms with van der Waals surface area (Å²) < 4.78 is 1.07. The molecule has 1 heterocycles. The van der Waals surface area contributed by atoms with E-state index in [1.54, 1.807) is 11.3 Å². The number of nitrogens with zero attached hydrogens (tertiary/aromatic N) is 1. The molecule has 0 bridgehead atoms. The van der Waals surface area contributed by atoms with Crippen molar-refractivity contribution in [2.75, 3.05) is 0 Å². The third kappa shape index (κ3) is 3.49. The first-order valence-electron chi connectivity index (χ1n) is 6.78. The molecule has 2 aromatic rings. The summed E-state index contributed by atoms with van der Waals surface area (Å²) in [6.07, 6.45) is 2.82. The van der Waals surface area contributed by atoms with Crippen molar-refractivity contribution in [2.45, 2.75) is 31.8 Å². The van der Waals surface area contributed by atoms with Crippen LogP contribution in [0.25, 0.3) is 0 Å². The maximum Gasteiger partial charge on any atom is 0.228 e. The number of halogens is 1. The van der Waals surface area contributed by atoms with Crippen LogP contribution in [0, 0.1) is 0 Å². The second-order valence-corrected chi connectivity index (χ2v) is 7.09. The molecule has 20 heavy (non-hydrogen) atoms. The minimum absolute atomic E-state index is 0.245. The Morgan fingerprint density at radius 1 is 1.30 bits per heavy atom. The van der Waals surface area contributed by atoms with Gasteiger partial charge in [-0.3, -0.25) is 4.79 Å². The summed E-state index contributed by atoms with van der Waals surface area (Å²) in [5.41, 5.74) is 1.19. The summed E-state index contributed by atoms with van der Waals surface area (Å²) in [6, 6.07) is 12.7. The number of hydrogen-bond acceptors (Lipinski definition) is 2. The van der Waals surface area contributed by atoms with Crippen LogP contribution in [0.1, 0.15) is 23.3 Å². The molecule has 0 N–H and O–H groups in total. The highest BCUT2D eigenvalue weighted by atomic mass is 79.9. The maximum absolute atomic E-state index is 12.5. The highest BCUT2D eigenvalue weighted by Gasteiger charge is 2.32. The van der Waals surface area contributed by atoms with Gasteiger partial charge in [0.05, 0.1) is 6.42 Å². The summed E-state index contributed by atoms with van der Waals surface area (Å²) in [7, 11) is 0. The summed E-state index contributed by atoms with van der Waals surface area (Å²) in [4.78, 5) is 15.7. The van der Waals surface area contributed by atoms with Gasteiger partial charge in [-0.2, -0.15) is 0 Å². The van der Waals surface area contributed by atoms with E-state index in [-0.39, 0.29) is 5.91 Å². The molecule has 1 aromatic heterocycles. The predicted molar refractivity (Wildman–Crippen MR) is 85.7 cm³/mol. The molecule has 1 amide bonds. The van der Waals surface area contributed by atoms with E-state index in [9.17, 15) is 4.79 Å². The molecule has 1 aliphatic rings. The van der Waals surface area contributed by atoms with E-state index >= 15 is 0 Å². The molecule has 0 saturated heterocycles. The third-order valence-corrected chi connectivity index (χ3v) is 4.83. The van der Waals surface area contributed by atoms with E-state index in [0.29, 0.717) is 19.0 Å². The normalized spacial score (nSPS) is 14.2. The van der Waals surface area contributed by atoms with Crippen LogP contribution in [-0.4, -0.2) is 16.8 Å². The zero-order valence-electron chi connectivity index (χ0n) is 11.1. The van der Waals surface area contributed by atoms with Crippen LogP contribution >= 0.6 is 27.3 Å². The van der Waals surface area contributed by atoms with E-state index in [0.717, 1.165) is 22.2 Å². The van der Waals surface area contributed by atoms with Gasteiger partial charge in [0.2, 0.25) is 5.91 Å². The molecule has 3 rings (SSSR count). The second kappa shape index (κ2) is 6.10. The van der Waals surface area contributed by atoms with Gasteiger partial charge in [-0.1, -0.05) is 34.1 Å². The highest BCUT2D eigenvalue weighted by Crippen LogP contribution is 2.29. The van der Waals surface area contributed by atoms with E-state index in [1.807, 2.05) is 34.5 Å². The molecule has 1 aliphatic carbocycles. The molecule has 1 saturated carbocycles. The monoisotopic (exact) mass is 349 g/mol. The van der Waals surface area contributed by atoms with Crippen LogP contribution in [0.5, 0.6) is 0 Å². The Hall–Kier alpha value is -1.13. The average Bonchev–Trinajstić information content (AvgIpc) is 3.14. The first-order valence-corrected chi connectivity index (χ1v) is 8.46. The molecule has 2 nitrogen and oxygen atoms in total. The summed E-state index contributed by atoms with van der Waals surface area (Å²) in [5.74, 6) is 0.245. The lowest BCUT2D eigenvalue weighted by Gasteiger charge is -2.22. The fourth-order valence-electron chi connectivity index (χ4n) is 2.30. The van der Waals surface area contributed by atoms with Crippen LogP contribution in [0.15, 0.2) is 46.3 Å². The largest absolute Gasteiger partial charge is 0.335 e. The molecule has 0 aliphatic heterocycles. The Kier molecular flexibility index (Phi) is 4.22. The van der Waals surface area contributed by atoms with Crippen molar-refractivity contribution in [3.05, 3.63) is 56.7 Å². The zero-order chi connectivity index (χ0) is 13.9. The molecular formula is C16H16BrNOS. The molecular weight excluding hydrogens is 334 g/mol. The molecule has 1 fully saturated rings. The van der Waals surface area contributed by atoms with Gasteiger partial charge < -0.3 is 4.90 Å². The Morgan fingerprint density at radius 2 is 2.15 bits per heavy atom. The lowest BCUT2D eigenvalue weighted by Crippen LogP contribution is -2.33. The van der Waals surface area contributed by atoms with Gasteiger partial charge in [-0.05, 0) is 42.0 Å². The first kappa shape index (κ1) is 13.8. The lowest BCUT2D eigenvalue weighted by molar-refractivity contribution is -0.131. The van der Waals surface area contributed by atoms with Crippen molar-refractivity contribution in [2.24, 2.45) is 0 Å². The Labute approximate surface area is 131 Å². The molecule has 0 atom stereocenters. The number of carbonyl (C=O) groups excluding carboxylic acids is 1. The van der Waals surface area contributed by atoms with Crippen LogP contribution in [0.2, 0.25) is 0 Å². The molecule has 0 unspecified atom stereocenters. The van der Waals surface area contributed by atoms with Crippen molar-refractivity contribution in [1.29, 1.82) is 0 Å². The van der Waals surface area contributed by atoms with Gasteiger partial charge in [0.25, 0.3) is 0 Å². The van der Waals surface area contributed by atoms with E-state index in [2.05, 4.69) is 28.1 Å². The zero-order valence-corrected chi connectivity index (χ0v) is 13.5. The molecule has 104 valence electrons. The molecule has 0 spiro atoms. The quantitative estimate of drug-likeness (QED) is 0.790. The van der Waals surface area contributed by atoms with E-state index in [1.165, 1.54) is 5.56 Å². The molecule has 1 aromatic carbocycles. The fraction of sp³-hybridized carbons (Fsp3) is 0.312. The minimum atomic E-state index is 0.245. The van der Waals surface area contributed by atoms with Crippen LogP contribution in [0.3, 0.4) is 0 Å². The van der Waals surface area contributed by atoms with Gasteiger partial charge >= 0.3 is 0 Å². The number of benzene rings is 1. The Bertz CT molecular complexity index is 592. The van der Waals surface area contributed by atoms with Crippen molar-refractivity contribution in [3.63, 3.8) is 0 Å². The Balaban J connectivity index is 1.70. The number of thiophene rings is 1. The van der Waals surface area contributed by atoms with Crippen molar-refractivity contribution in [1.82, 2.24) is 4.90 Å². The fourth-order valence-corrected chi connectivity index (χ4v) is 3.45. The van der Waals surface area contributed by atoms with Crippen molar-refractivity contribution < 1.29 is 4.79 Å². The van der Waals surface area contributed by atoms with Gasteiger partial charge in [-0.15, -0.1) is 11.3 Å². The summed E-state index contributed by atoms with van der Waals surface area (Å²) >= 11 is 5.14. The van der Waals surface area contributed by atoms with Crippen LogP contribution in [0.4, 0.5) is 0 Å². The average molecular weight is 350 g/mol. The number of amides is 1. The predicted octanol–water partition coefficient (Wildman–Crippen LogP) is 4.24. The Morgan fingerprint density at radius 3 is 2.80 bits per heavy atom. The van der Waals surface area contributed by atoms with Gasteiger partial charge in [-0.25, -0.2) is 0 Å². The first-order chi connectivity index (χ1) is 9.72. The van der Waals surface area contributed by atoms with Crippen LogP contribution in [-0.2, 0) is 17.8 Å². The minimum Gasteiger partial charge on any atom is -0.335 e. The van der Waals surface area contributed by atoms with Crippen LogP contribution < -0.4 is 0 Å². The smallest absolute Gasteiger partial charge is 0.228 e. The standard InChI is InChI=1S/C16H16BrNOS/c17-13-4-1-3-12(9-13)11-18(14-6-7-14)16(19)10-15-5-2-8-20-15/h1-5,8-9,14H,6-7,10-11H2. The highest BCUT2D eigenvalue weighted by molar-refractivity contribution is 9.10.